The number of nitrogens with zero attached hydrogens (tertiary/aromatic N) is 3. The zero-order valence-electron chi connectivity index (χ0n) is 32.7. The minimum atomic E-state index is -2.92. The van der Waals surface area contributed by atoms with Crippen LogP contribution in [0.1, 0.15) is 83.3 Å². The maximum atomic E-state index is 15.8. The third-order valence-electron chi connectivity index (χ3n) is 11.9. The summed E-state index contributed by atoms with van der Waals surface area (Å²) in [6.07, 6.45) is 0.587. The topological polar surface area (TPSA) is 133 Å². The number of aromatic nitrogens is 2. The van der Waals surface area contributed by atoms with E-state index in [4.69, 9.17) is 30.0 Å². The van der Waals surface area contributed by atoms with E-state index >= 15 is 14.4 Å². The molecule has 11 nitrogen and oxygen atoms in total. The zero-order valence-corrected chi connectivity index (χ0v) is 34.5. The summed E-state index contributed by atoms with van der Waals surface area (Å²) < 4.78 is 25.8. The van der Waals surface area contributed by atoms with Gasteiger partial charge in [0.2, 0.25) is 5.78 Å². The molecule has 2 aromatic carbocycles. The lowest BCUT2D eigenvalue weighted by Gasteiger charge is -2.56. The molecule has 1 fully saturated rings. The number of ether oxygens (including phenoxy) is 2. The number of fused-ring (bicyclic) bond motifs is 4. The summed E-state index contributed by atoms with van der Waals surface area (Å²) in [6.45, 7) is 12.9. The summed E-state index contributed by atoms with van der Waals surface area (Å²) >= 11 is 6.89. The third-order valence-corrected chi connectivity index (χ3v) is 16.6. The Hall–Kier alpha value is -4.36. The Morgan fingerprint density at radius 1 is 0.964 bits per heavy atom. The molecule has 290 valence electrons. The number of rotatable bonds is 11. The monoisotopic (exact) mass is 784 g/mol. The first-order valence-electron chi connectivity index (χ1n) is 18.9. The molecule has 13 heteroatoms. The number of hydrogen-bond acceptors (Lipinski definition) is 11. The molecule has 2 aromatic heterocycles. The highest BCUT2D eigenvalue weighted by Crippen LogP contribution is 2.59. The Labute approximate surface area is 328 Å². The van der Waals surface area contributed by atoms with Gasteiger partial charge >= 0.3 is 0 Å². The van der Waals surface area contributed by atoms with Crippen LogP contribution in [0.5, 0.6) is 11.6 Å². The molecule has 0 saturated heterocycles. The van der Waals surface area contributed by atoms with Crippen LogP contribution in [0.3, 0.4) is 0 Å². The van der Waals surface area contributed by atoms with Gasteiger partial charge in [0, 0.05) is 18.0 Å². The fourth-order valence-electron chi connectivity index (χ4n) is 8.23. The second-order valence-electron chi connectivity index (χ2n) is 16.6. The molecule has 1 saturated carbocycles. The number of carbonyl (C=O) groups excluding carboxylic acids is 3. The number of nitrogens with one attached hydrogen (secondary N) is 1. The third kappa shape index (κ3) is 6.60. The van der Waals surface area contributed by atoms with Crippen LogP contribution in [-0.2, 0) is 28.9 Å². The van der Waals surface area contributed by atoms with Gasteiger partial charge in [0.25, 0.3) is 5.88 Å². The molecule has 0 aliphatic heterocycles. The highest BCUT2D eigenvalue weighted by atomic mass is 35.5. The van der Waals surface area contributed by atoms with Crippen molar-refractivity contribution in [3.8, 4) is 11.6 Å². The van der Waals surface area contributed by atoms with Crippen LogP contribution in [0.25, 0.3) is 0 Å². The Bertz CT molecular complexity index is 2120. The Morgan fingerprint density at radius 3 is 2.16 bits per heavy atom. The van der Waals surface area contributed by atoms with Crippen LogP contribution < -0.4 is 14.8 Å². The summed E-state index contributed by atoms with van der Waals surface area (Å²) in [5.41, 5.74) is 0.563. The highest BCUT2D eigenvalue weighted by molar-refractivity contribution is 6.74. The van der Waals surface area contributed by atoms with E-state index < -0.39 is 55.1 Å². The maximum Gasteiger partial charge on any atom is 0.265 e. The molecule has 0 bridgehead atoms. The van der Waals surface area contributed by atoms with Gasteiger partial charge in [0.15, 0.2) is 42.8 Å². The van der Waals surface area contributed by atoms with E-state index in [1.54, 1.807) is 0 Å². The normalized spacial score (nSPS) is 23.5. The molecule has 3 aliphatic rings. The van der Waals surface area contributed by atoms with E-state index in [0.29, 0.717) is 30.1 Å². The van der Waals surface area contributed by atoms with Gasteiger partial charge < -0.3 is 23.7 Å². The molecule has 0 amide bonds. The number of pyridine rings is 1. The van der Waals surface area contributed by atoms with Gasteiger partial charge in [-0.3, -0.25) is 19.3 Å². The Morgan fingerprint density at radius 2 is 1.58 bits per heavy atom. The SMILES string of the molecule is CCNc1nc(Cl)c2c(c1OCc1ccccc1)C(=O)C1C(=O)[C@]3(O[Si](C)(C)C(C)(C)C)C(=O)c4c(OCc5ccccc5)noc4[C@@H](N(C)C)[C@@H]3C[C@@H]1C2. The first-order valence-corrected chi connectivity index (χ1v) is 22.2. The highest BCUT2D eigenvalue weighted by Gasteiger charge is 2.70. The van der Waals surface area contributed by atoms with Crippen molar-refractivity contribution < 1.29 is 32.8 Å². The van der Waals surface area contributed by atoms with Gasteiger partial charge in [-0.15, -0.1) is 0 Å². The second kappa shape index (κ2) is 14.6. The smallest absolute Gasteiger partial charge is 0.265 e. The summed E-state index contributed by atoms with van der Waals surface area (Å²) in [6, 6.07) is 18.5. The average Bonchev–Trinajstić information content (AvgIpc) is 3.56. The molecule has 0 spiro atoms. The van der Waals surface area contributed by atoms with E-state index in [1.165, 1.54) is 0 Å². The van der Waals surface area contributed by atoms with E-state index in [9.17, 15) is 0 Å². The van der Waals surface area contributed by atoms with Crippen LogP contribution in [0.4, 0.5) is 5.82 Å². The Balaban J connectivity index is 1.38. The first-order chi connectivity index (χ1) is 26.1. The largest absolute Gasteiger partial charge is 0.484 e. The van der Waals surface area contributed by atoms with Crippen molar-refractivity contribution in [3.05, 3.63) is 99.4 Å². The maximum absolute atomic E-state index is 15.8. The predicted molar refractivity (Wildman–Crippen MR) is 211 cm³/mol. The van der Waals surface area contributed by atoms with Gasteiger partial charge in [0.05, 0.1) is 17.5 Å². The van der Waals surface area contributed by atoms with Crippen LogP contribution in [0.15, 0.2) is 65.2 Å². The molecule has 1 unspecified atom stereocenters. The van der Waals surface area contributed by atoms with Gasteiger partial charge in [0.1, 0.15) is 23.9 Å². The van der Waals surface area contributed by atoms with Crippen LogP contribution >= 0.6 is 11.6 Å². The Kier molecular flexibility index (Phi) is 10.3. The number of benzene rings is 2. The molecule has 3 aliphatic carbocycles. The molecule has 5 atom stereocenters. The molecule has 55 heavy (non-hydrogen) atoms. The van der Waals surface area contributed by atoms with Crippen LogP contribution in [0.2, 0.25) is 23.3 Å². The van der Waals surface area contributed by atoms with E-state index in [1.807, 2.05) is 99.7 Å². The molecular formula is C42H49ClN4O7Si. The van der Waals surface area contributed by atoms with Gasteiger partial charge in [-0.1, -0.05) is 93.0 Å². The lowest BCUT2D eigenvalue weighted by Crippen LogP contribution is -2.70. The van der Waals surface area contributed by atoms with E-state index in [2.05, 4.69) is 36.2 Å². The number of carbonyl (C=O) groups is 3. The standard InChI is InChI=1S/C42H49ClN4O7Si/c1-9-44-39-35(51-22-24-16-12-10-13-17-24)30-27(38(43)45-39)20-26-21-28-32(47(5)6)34-31(40(46-53-34)52-23-25-18-14-11-15-19-25)37(50)42(28,36(49)29(26)33(30)48)54-55(7,8)41(2,3)4/h10-19,26,28-29,32H,9,20-23H2,1-8H3,(H,44,45)/t26-,28-,29?,32-,42-/m0/s1. The van der Waals surface area contributed by atoms with Crippen molar-refractivity contribution in [2.24, 2.45) is 17.8 Å². The first kappa shape index (κ1) is 38.9. The molecular weight excluding hydrogens is 736 g/mol. The second-order valence-corrected chi connectivity index (χ2v) is 21.7. The van der Waals surface area contributed by atoms with E-state index in [-0.39, 0.29) is 52.6 Å². The summed E-state index contributed by atoms with van der Waals surface area (Å²) in [5.74, 6) is -3.13. The number of anilines is 1. The lowest BCUT2D eigenvalue weighted by molar-refractivity contribution is -0.151. The summed E-state index contributed by atoms with van der Waals surface area (Å²) in [5, 5.41) is 7.26. The number of halogens is 1. The number of hydrogen-bond donors (Lipinski definition) is 1. The zero-order chi connectivity index (χ0) is 39.4. The van der Waals surface area contributed by atoms with Gasteiger partial charge in [-0.25, -0.2) is 4.98 Å². The average molecular weight is 785 g/mol. The molecule has 0 radical (unpaired) electrons. The van der Waals surface area contributed by atoms with Crippen LogP contribution in [0, 0.1) is 17.8 Å². The quantitative estimate of drug-likeness (QED) is 0.0898. The van der Waals surface area contributed by atoms with E-state index in [0.717, 1.165) is 11.1 Å². The van der Waals surface area contributed by atoms with Gasteiger partial charge in [-0.2, -0.15) is 0 Å². The minimum absolute atomic E-state index is 0.00710. The fourth-order valence-corrected chi connectivity index (χ4v) is 9.94. The molecule has 2 heterocycles. The lowest BCUT2D eigenvalue weighted by atomic mass is 9.54. The predicted octanol–water partition coefficient (Wildman–Crippen LogP) is 8.13. The van der Waals surface area contributed by atoms with Crippen LogP contribution in [-0.4, -0.2) is 66.9 Å². The summed E-state index contributed by atoms with van der Waals surface area (Å²) in [4.78, 5) is 53.0. The van der Waals surface area contributed by atoms with Crippen molar-refractivity contribution in [2.75, 3.05) is 26.0 Å². The minimum Gasteiger partial charge on any atom is -0.484 e. The van der Waals surface area contributed by atoms with Crippen molar-refractivity contribution in [3.63, 3.8) is 0 Å². The molecule has 1 N–H and O–H groups in total. The number of Topliss-reactive ketones (excluding diaryl/α,β-unsaturated/α-hetero) is 3. The van der Waals surface area contributed by atoms with Gasteiger partial charge in [-0.05, 0) is 74.2 Å². The fraction of sp³-hybridized carbons (Fsp3) is 0.452. The number of ketones is 3. The molecule has 7 rings (SSSR count). The summed E-state index contributed by atoms with van der Waals surface area (Å²) in [7, 11) is 0.845. The van der Waals surface area contributed by atoms with Crippen molar-refractivity contribution in [1.29, 1.82) is 0 Å². The van der Waals surface area contributed by atoms with Crippen molar-refractivity contribution >= 4 is 43.1 Å². The van der Waals surface area contributed by atoms with Crippen molar-refractivity contribution in [2.45, 2.75) is 83.5 Å². The molecule has 4 aromatic rings. The van der Waals surface area contributed by atoms with Crippen molar-refractivity contribution in [1.82, 2.24) is 15.0 Å².